The molecule has 0 fully saturated rings. The average molecular weight is 327 g/mol. The van der Waals surface area contributed by atoms with Crippen LogP contribution in [-0.4, -0.2) is 36.4 Å². The minimum atomic E-state index is -1.07. The molecule has 0 amide bonds. The number of H-pyrrole nitrogens is 1. The number of hydrogen-bond donors (Lipinski definition) is 2. The predicted molar refractivity (Wildman–Crippen MR) is 87.2 cm³/mol. The summed E-state index contributed by atoms with van der Waals surface area (Å²) in [4.78, 5) is 46.1. The maximum absolute atomic E-state index is 12.1. The molecule has 0 bridgehead atoms. The van der Waals surface area contributed by atoms with Crippen LogP contribution in [-0.2, 0) is 14.1 Å². The van der Waals surface area contributed by atoms with Crippen molar-refractivity contribution in [3.8, 4) is 0 Å². The van der Waals surface area contributed by atoms with Gasteiger partial charge in [-0.1, -0.05) is 18.2 Å². The second kappa shape index (κ2) is 5.61. The molecule has 0 unspecified atom stereocenters. The number of nitrogens with zero attached hydrogens (tertiary/aromatic N) is 4. The molecule has 0 aliphatic heterocycles. The number of aromatic carboxylic acids is 1. The lowest BCUT2D eigenvalue weighted by atomic mass is 10.1. The number of nitrogens with one attached hydrogen (secondary N) is 1. The molecule has 0 radical (unpaired) electrons. The number of carbonyl (C=O) groups is 1. The lowest BCUT2D eigenvalue weighted by Gasteiger charge is -2.00. The van der Waals surface area contributed by atoms with Gasteiger partial charge in [0.2, 0.25) is 5.95 Å². The van der Waals surface area contributed by atoms with Crippen LogP contribution in [0.2, 0.25) is 0 Å². The highest BCUT2D eigenvalue weighted by Gasteiger charge is 2.13. The fourth-order valence-corrected chi connectivity index (χ4v) is 2.31. The zero-order valence-electron chi connectivity index (χ0n) is 12.8. The van der Waals surface area contributed by atoms with Gasteiger partial charge < -0.3 is 10.1 Å². The van der Waals surface area contributed by atoms with Crippen LogP contribution < -0.4 is 11.2 Å². The molecule has 0 atom stereocenters. The molecule has 0 aliphatic carbocycles. The Balaban J connectivity index is 2.11. The van der Waals surface area contributed by atoms with Gasteiger partial charge in [-0.2, -0.15) is 4.98 Å². The number of fused-ring (bicyclic) bond motifs is 1. The molecular weight excluding hydrogens is 314 g/mol. The molecule has 0 spiro atoms. The number of aliphatic imine (C=N–C) groups is 1. The smallest absolute Gasteiger partial charge is 0.336 e. The van der Waals surface area contributed by atoms with Crippen molar-refractivity contribution < 1.29 is 9.90 Å². The minimum Gasteiger partial charge on any atom is -0.478 e. The van der Waals surface area contributed by atoms with E-state index in [1.54, 1.807) is 18.2 Å². The maximum atomic E-state index is 12.1. The number of benzene rings is 1. The lowest BCUT2D eigenvalue weighted by Crippen LogP contribution is -2.36. The third-order valence-electron chi connectivity index (χ3n) is 3.60. The molecule has 1 aromatic carbocycles. The number of rotatable bonds is 3. The van der Waals surface area contributed by atoms with Crippen molar-refractivity contribution in [3.63, 3.8) is 0 Å². The molecule has 3 rings (SSSR count). The Morgan fingerprint density at radius 3 is 2.67 bits per heavy atom. The molecule has 0 saturated heterocycles. The Labute approximate surface area is 134 Å². The van der Waals surface area contributed by atoms with Crippen molar-refractivity contribution >= 4 is 29.3 Å². The zero-order chi connectivity index (χ0) is 17.4. The van der Waals surface area contributed by atoms with Gasteiger partial charge in [-0.15, -0.1) is 0 Å². The number of aryl methyl sites for hydroxylation is 1. The van der Waals surface area contributed by atoms with Crippen molar-refractivity contribution in [2.24, 2.45) is 19.1 Å². The van der Waals surface area contributed by atoms with E-state index in [-0.39, 0.29) is 22.7 Å². The van der Waals surface area contributed by atoms with Gasteiger partial charge in [-0.05, 0) is 6.07 Å². The highest BCUT2D eigenvalue weighted by atomic mass is 16.4. The number of hydrogen-bond acceptors (Lipinski definition) is 5. The van der Waals surface area contributed by atoms with Crippen LogP contribution in [0.3, 0.4) is 0 Å². The first-order valence-electron chi connectivity index (χ1n) is 6.92. The minimum absolute atomic E-state index is 0.0978. The molecule has 9 nitrogen and oxygen atoms in total. The van der Waals surface area contributed by atoms with E-state index in [2.05, 4.69) is 15.0 Å². The zero-order valence-corrected chi connectivity index (χ0v) is 12.8. The standard InChI is InChI=1S/C15H13N5O4/c1-19-11-10(12(21)20(2)15(19)24)17-14(18-11)16-7-8-5-3-4-6-9(8)13(22)23/h3-7H,1-2H3,(H,17,18)(H,22,23)/b16-7-. The Hall–Kier alpha value is -3.49. The molecule has 0 saturated carbocycles. The third-order valence-corrected chi connectivity index (χ3v) is 3.60. The van der Waals surface area contributed by atoms with Gasteiger partial charge in [0.1, 0.15) is 0 Å². The number of carboxylic acid groups (broad SMARTS) is 1. The number of imidazole rings is 1. The molecule has 0 aliphatic rings. The Bertz CT molecular complexity index is 1100. The molecule has 122 valence electrons. The molecule has 3 aromatic rings. The first-order valence-corrected chi connectivity index (χ1v) is 6.92. The van der Waals surface area contributed by atoms with E-state index < -0.39 is 17.2 Å². The fraction of sp³-hybridized carbons (Fsp3) is 0.133. The average Bonchev–Trinajstić information content (AvgIpc) is 3.01. The molecule has 24 heavy (non-hydrogen) atoms. The van der Waals surface area contributed by atoms with Gasteiger partial charge in [0.15, 0.2) is 11.2 Å². The van der Waals surface area contributed by atoms with Crippen LogP contribution in [0.5, 0.6) is 0 Å². The third kappa shape index (κ3) is 2.41. The topological polar surface area (TPSA) is 122 Å². The normalized spacial score (nSPS) is 11.4. The Kier molecular flexibility index (Phi) is 3.60. The first-order chi connectivity index (χ1) is 11.4. The van der Waals surface area contributed by atoms with Crippen molar-refractivity contribution in [1.82, 2.24) is 19.1 Å². The van der Waals surface area contributed by atoms with Crippen LogP contribution in [0.15, 0.2) is 38.8 Å². The van der Waals surface area contributed by atoms with Gasteiger partial charge in [0.05, 0.1) is 5.56 Å². The Morgan fingerprint density at radius 1 is 1.25 bits per heavy atom. The van der Waals surface area contributed by atoms with Crippen LogP contribution in [0, 0.1) is 0 Å². The van der Waals surface area contributed by atoms with Crippen molar-refractivity contribution in [3.05, 3.63) is 56.2 Å². The van der Waals surface area contributed by atoms with Crippen molar-refractivity contribution in [2.75, 3.05) is 0 Å². The number of aromatic amines is 1. The molecule has 2 aromatic heterocycles. The second-order valence-corrected chi connectivity index (χ2v) is 5.12. The molecule has 2 heterocycles. The van der Waals surface area contributed by atoms with E-state index in [1.165, 1.54) is 30.9 Å². The van der Waals surface area contributed by atoms with E-state index in [9.17, 15) is 14.4 Å². The summed E-state index contributed by atoms with van der Waals surface area (Å²) < 4.78 is 2.20. The largest absolute Gasteiger partial charge is 0.478 e. The highest BCUT2D eigenvalue weighted by molar-refractivity contribution is 5.98. The van der Waals surface area contributed by atoms with Gasteiger partial charge in [0.25, 0.3) is 5.56 Å². The van der Waals surface area contributed by atoms with E-state index in [4.69, 9.17) is 5.11 Å². The summed E-state index contributed by atoms with van der Waals surface area (Å²) in [6.45, 7) is 0. The van der Waals surface area contributed by atoms with Crippen molar-refractivity contribution in [2.45, 2.75) is 0 Å². The SMILES string of the molecule is Cn1c(=O)c2[nH]c(/N=C\c3ccccc3C(=O)O)nc2n(C)c1=O. The van der Waals surface area contributed by atoms with E-state index in [0.717, 1.165) is 4.57 Å². The van der Waals surface area contributed by atoms with E-state index >= 15 is 0 Å². The molecule has 9 heteroatoms. The van der Waals surface area contributed by atoms with E-state index in [1.807, 2.05) is 0 Å². The summed E-state index contributed by atoms with van der Waals surface area (Å²) in [5.74, 6) is -0.971. The fourth-order valence-electron chi connectivity index (χ4n) is 2.31. The van der Waals surface area contributed by atoms with Gasteiger partial charge in [-0.3, -0.25) is 13.9 Å². The van der Waals surface area contributed by atoms with Gasteiger partial charge in [0, 0.05) is 25.9 Å². The van der Waals surface area contributed by atoms with Gasteiger partial charge in [-0.25, -0.2) is 14.6 Å². The van der Waals surface area contributed by atoms with Crippen LogP contribution in [0.25, 0.3) is 11.2 Å². The summed E-state index contributed by atoms with van der Waals surface area (Å²) in [6, 6.07) is 6.36. The summed E-state index contributed by atoms with van der Waals surface area (Å²) in [5, 5.41) is 9.14. The molecular formula is C15H13N5O4. The summed E-state index contributed by atoms with van der Waals surface area (Å²) >= 11 is 0. The monoisotopic (exact) mass is 327 g/mol. The number of carboxylic acids is 1. The highest BCUT2D eigenvalue weighted by Crippen LogP contribution is 2.12. The van der Waals surface area contributed by atoms with Gasteiger partial charge >= 0.3 is 11.7 Å². The van der Waals surface area contributed by atoms with E-state index in [0.29, 0.717) is 5.56 Å². The quantitative estimate of drug-likeness (QED) is 0.675. The second-order valence-electron chi connectivity index (χ2n) is 5.12. The summed E-state index contributed by atoms with van der Waals surface area (Å²) in [5.41, 5.74) is -0.174. The predicted octanol–water partition coefficient (Wildman–Crippen LogP) is 0.409. The Morgan fingerprint density at radius 2 is 1.96 bits per heavy atom. The van der Waals surface area contributed by atoms with Crippen LogP contribution in [0.4, 0.5) is 5.95 Å². The maximum Gasteiger partial charge on any atom is 0.336 e. The van der Waals surface area contributed by atoms with Crippen LogP contribution in [0.1, 0.15) is 15.9 Å². The summed E-state index contributed by atoms with van der Waals surface area (Å²) in [7, 11) is 2.87. The van der Waals surface area contributed by atoms with Crippen LogP contribution >= 0.6 is 0 Å². The molecule has 2 N–H and O–H groups in total. The van der Waals surface area contributed by atoms with Crippen molar-refractivity contribution in [1.29, 1.82) is 0 Å². The lowest BCUT2D eigenvalue weighted by molar-refractivity contribution is 0.0697. The first kappa shape index (κ1) is 15.4. The number of aromatic nitrogens is 4. The summed E-state index contributed by atoms with van der Waals surface area (Å²) in [6.07, 6.45) is 1.34.